The molecule has 1 heterocycles. The second kappa shape index (κ2) is 12.9. The molecule has 25 heavy (non-hydrogen) atoms. The molecule has 0 amide bonds. The van der Waals surface area contributed by atoms with Crippen LogP contribution >= 0.6 is 47.5 Å². The van der Waals surface area contributed by atoms with E-state index in [-0.39, 0.29) is 28.7 Å². The molecule has 1 aliphatic heterocycles. The lowest BCUT2D eigenvalue weighted by molar-refractivity contribution is 0.0793. The number of guanidine groups is 1. The quantitative estimate of drug-likeness (QED) is 0.298. The summed E-state index contributed by atoms with van der Waals surface area (Å²) in [6, 6.07) is 0.580. The zero-order valence-corrected chi connectivity index (χ0v) is 20.0. The van der Waals surface area contributed by atoms with Crippen LogP contribution in [0.5, 0.6) is 0 Å². The van der Waals surface area contributed by atoms with Gasteiger partial charge < -0.3 is 15.4 Å². The summed E-state index contributed by atoms with van der Waals surface area (Å²) < 4.78 is 5.84. The van der Waals surface area contributed by atoms with Gasteiger partial charge in [0.2, 0.25) is 0 Å². The monoisotopic (exact) mass is 501 g/mol. The van der Waals surface area contributed by atoms with Gasteiger partial charge in [-0.15, -0.1) is 24.0 Å². The highest BCUT2D eigenvalue weighted by molar-refractivity contribution is 14.0. The zero-order valence-electron chi connectivity index (χ0n) is 16.0. The molecule has 0 bridgehead atoms. The van der Waals surface area contributed by atoms with Crippen LogP contribution in [-0.2, 0) is 4.74 Å². The fourth-order valence-electron chi connectivity index (χ4n) is 3.59. The Morgan fingerprint density at radius 2 is 1.92 bits per heavy atom. The number of hydrogen-bond donors (Lipinski definition) is 2. The largest absolute Gasteiger partial charge is 0.381 e. The van der Waals surface area contributed by atoms with Crippen LogP contribution < -0.4 is 10.6 Å². The molecule has 2 unspecified atom stereocenters. The van der Waals surface area contributed by atoms with Crippen LogP contribution in [0, 0.1) is 0 Å². The van der Waals surface area contributed by atoms with Gasteiger partial charge in [-0.3, -0.25) is 4.99 Å². The summed E-state index contributed by atoms with van der Waals surface area (Å²) in [5.74, 6) is 3.38. The van der Waals surface area contributed by atoms with Crippen molar-refractivity contribution >= 4 is 53.5 Å². The van der Waals surface area contributed by atoms with Gasteiger partial charge in [-0.2, -0.15) is 23.5 Å². The molecule has 2 atom stereocenters. The van der Waals surface area contributed by atoms with Gasteiger partial charge in [0.15, 0.2) is 5.96 Å². The molecule has 0 aromatic carbocycles. The van der Waals surface area contributed by atoms with E-state index < -0.39 is 0 Å². The molecule has 1 saturated heterocycles. The maximum absolute atomic E-state index is 5.57. The van der Waals surface area contributed by atoms with Crippen LogP contribution in [0.1, 0.15) is 52.9 Å². The summed E-state index contributed by atoms with van der Waals surface area (Å²) in [5.41, 5.74) is 0. The standard InChI is InChI=1S/C18H35N3OS2.HI/c1-4-19-17(21-15-7-8-16(13-15)23-5-2)20-14-18(24-6-3)9-11-22-12-10-18;/h15-16H,4-14H2,1-3H3,(H2,19,20,21);1H. The van der Waals surface area contributed by atoms with Crippen LogP contribution in [0.4, 0.5) is 0 Å². The molecule has 2 fully saturated rings. The van der Waals surface area contributed by atoms with Crippen molar-refractivity contribution in [2.75, 3.05) is 37.8 Å². The van der Waals surface area contributed by atoms with E-state index >= 15 is 0 Å². The van der Waals surface area contributed by atoms with Crippen molar-refractivity contribution in [1.82, 2.24) is 10.6 Å². The Bertz CT molecular complexity index is 387. The summed E-state index contributed by atoms with van der Waals surface area (Å²) in [5, 5.41) is 7.96. The third-order valence-electron chi connectivity index (χ3n) is 4.85. The Morgan fingerprint density at radius 1 is 1.16 bits per heavy atom. The lowest BCUT2D eigenvalue weighted by Crippen LogP contribution is -2.44. The lowest BCUT2D eigenvalue weighted by Gasteiger charge is -2.35. The van der Waals surface area contributed by atoms with Crippen LogP contribution in [0.15, 0.2) is 4.99 Å². The molecule has 1 saturated carbocycles. The van der Waals surface area contributed by atoms with Crippen molar-refractivity contribution in [3.63, 3.8) is 0 Å². The second-order valence-corrected chi connectivity index (χ2v) is 9.96. The molecule has 7 heteroatoms. The van der Waals surface area contributed by atoms with E-state index in [4.69, 9.17) is 9.73 Å². The highest BCUT2D eigenvalue weighted by atomic mass is 127. The Hall–Kier alpha value is 0.660. The summed E-state index contributed by atoms with van der Waals surface area (Å²) in [6.45, 7) is 10.2. The van der Waals surface area contributed by atoms with Crippen LogP contribution in [0.3, 0.4) is 0 Å². The number of thioether (sulfide) groups is 2. The van der Waals surface area contributed by atoms with E-state index in [2.05, 4.69) is 54.9 Å². The van der Waals surface area contributed by atoms with Gasteiger partial charge in [0.05, 0.1) is 6.54 Å². The second-order valence-electron chi connectivity index (χ2n) is 6.66. The predicted octanol–water partition coefficient (Wildman–Crippen LogP) is 4.14. The minimum atomic E-state index is 0. The number of nitrogens with one attached hydrogen (secondary N) is 2. The molecule has 4 nitrogen and oxygen atoms in total. The van der Waals surface area contributed by atoms with Crippen molar-refractivity contribution < 1.29 is 4.74 Å². The van der Waals surface area contributed by atoms with Crippen molar-refractivity contribution in [2.45, 2.75) is 68.9 Å². The van der Waals surface area contributed by atoms with E-state index in [1.807, 2.05) is 0 Å². The van der Waals surface area contributed by atoms with Crippen LogP contribution in [-0.4, -0.2) is 59.8 Å². The maximum Gasteiger partial charge on any atom is 0.191 e. The van der Waals surface area contributed by atoms with E-state index in [9.17, 15) is 0 Å². The normalized spacial score (nSPS) is 26.1. The molecule has 0 spiro atoms. The number of aliphatic imine (C=N–C) groups is 1. The molecular weight excluding hydrogens is 465 g/mol. The Labute approximate surface area is 179 Å². The summed E-state index contributed by atoms with van der Waals surface area (Å²) in [6.07, 6.45) is 6.11. The highest BCUT2D eigenvalue weighted by Gasteiger charge is 2.33. The van der Waals surface area contributed by atoms with E-state index in [0.717, 1.165) is 56.1 Å². The minimum Gasteiger partial charge on any atom is -0.381 e. The van der Waals surface area contributed by atoms with Gasteiger partial charge >= 0.3 is 0 Å². The van der Waals surface area contributed by atoms with Crippen molar-refractivity contribution in [1.29, 1.82) is 0 Å². The van der Waals surface area contributed by atoms with Gasteiger partial charge in [-0.05, 0) is 50.5 Å². The predicted molar refractivity (Wildman–Crippen MR) is 125 cm³/mol. The minimum absolute atomic E-state index is 0. The summed E-state index contributed by atoms with van der Waals surface area (Å²) in [7, 11) is 0. The molecule has 2 aliphatic rings. The van der Waals surface area contributed by atoms with Gasteiger partial charge in [0.1, 0.15) is 0 Å². The Balaban J connectivity index is 0.00000312. The third kappa shape index (κ3) is 8.05. The van der Waals surface area contributed by atoms with Gasteiger partial charge in [0, 0.05) is 35.8 Å². The van der Waals surface area contributed by atoms with Crippen molar-refractivity contribution in [3.05, 3.63) is 0 Å². The molecular formula is C18H36IN3OS2. The fourth-order valence-corrected chi connectivity index (χ4v) is 5.96. The Morgan fingerprint density at radius 3 is 2.56 bits per heavy atom. The molecule has 148 valence electrons. The van der Waals surface area contributed by atoms with Gasteiger partial charge in [-0.1, -0.05) is 13.8 Å². The van der Waals surface area contributed by atoms with E-state index in [0.29, 0.717) is 6.04 Å². The highest BCUT2D eigenvalue weighted by Crippen LogP contribution is 2.35. The molecule has 0 radical (unpaired) electrons. The topological polar surface area (TPSA) is 45.7 Å². The van der Waals surface area contributed by atoms with E-state index in [1.54, 1.807) is 0 Å². The lowest BCUT2D eigenvalue weighted by atomic mass is 9.99. The molecule has 0 aromatic rings. The van der Waals surface area contributed by atoms with Crippen molar-refractivity contribution in [2.24, 2.45) is 4.99 Å². The van der Waals surface area contributed by atoms with Crippen LogP contribution in [0.25, 0.3) is 0 Å². The molecule has 0 aromatic heterocycles. The summed E-state index contributed by atoms with van der Waals surface area (Å²) >= 11 is 4.17. The molecule has 2 rings (SSSR count). The average Bonchev–Trinajstić information content (AvgIpc) is 3.02. The first kappa shape index (κ1) is 23.7. The maximum atomic E-state index is 5.57. The number of halogens is 1. The molecule has 1 aliphatic carbocycles. The average molecular weight is 502 g/mol. The number of rotatable bonds is 8. The van der Waals surface area contributed by atoms with E-state index in [1.165, 1.54) is 25.0 Å². The zero-order chi connectivity index (χ0) is 17.3. The van der Waals surface area contributed by atoms with Crippen molar-refractivity contribution in [3.8, 4) is 0 Å². The first-order chi connectivity index (χ1) is 11.7. The van der Waals surface area contributed by atoms with Gasteiger partial charge in [0.25, 0.3) is 0 Å². The number of nitrogens with zero attached hydrogens (tertiary/aromatic N) is 1. The van der Waals surface area contributed by atoms with Crippen LogP contribution in [0.2, 0.25) is 0 Å². The Kier molecular flexibility index (Phi) is 12.3. The smallest absolute Gasteiger partial charge is 0.191 e. The number of ether oxygens (including phenoxy) is 1. The third-order valence-corrected chi connectivity index (χ3v) is 7.52. The number of hydrogen-bond acceptors (Lipinski definition) is 4. The van der Waals surface area contributed by atoms with Gasteiger partial charge in [-0.25, -0.2) is 0 Å². The first-order valence-electron chi connectivity index (χ1n) is 9.59. The fraction of sp³-hybridized carbons (Fsp3) is 0.944. The molecule has 2 N–H and O–H groups in total. The summed E-state index contributed by atoms with van der Waals surface area (Å²) in [4.78, 5) is 4.97. The SMILES string of the molecule is CCNC(=NCC1(SCC)CCOCC1)NC1CCC(SCC)C1.I. The first-order valence-corrected chi connectivity index (χ1v) is 11.6.